The molecule has 302 valence electrons. The Bertz CT molecular complexity index is 2790. The number of anilines is 1. The number of hydrogen-bond acceptors (Lipinski definition) is 11. The maximum absolute atomic E-state index is 12.8. The standard InChI is InChI=1S/C23H17N3O3.C23H19N3O3.Fe.H3N/c27-20-13-7-6-12-19(20)25-26-21-17-11-5-4-8-15(17)14-18(22(21)28)23(29)24-16-9-2-1-3-10-16;24-29-23(15-8-2-1-3-9-15)18-14-16-10-4-5-11-17(16)21(22(18)28)26-25-19-12-6-7-13-20(19)27;;/h1-14,27-28H,(H,24,29);1-14,23,27-28H,24H2;;1H3/p+1. The molecule has 0 heterocycles. The first kappa shape index (κ1) is 43.7. The van der Waals surface area contributed by atoms with Crippen molar-refractivity contribution in [1.82, 2.24) is 6.15 Å². The minimum absolute atomic E-state index is 0. The zero-order valence-corrected chi connectivity index (χ0v) is 33.2. The van der Waals surface area contributed by atoms with Crippen LogP contribution in [0.25, 0.3) is 21.5 Å². The van der Waals surface area contributed by atoms with Crippen molar-refractivity contribution >= 4 is 55.9 Å². The summed E-state index contributed by atoms with van der Waals surface area (Å²) in [6.45, 7) is 0. The predicted octanol–water partition coefficient (Wildman–Crippen LogP) is 11.9. The van der Waals surface area contributed by atoms with Gasteiger partial charge in [0.1, 0.15) is 46.1 Å². The molecule has 1 unspecified atom stereocenters. The van der Waals surface area contributed by atoms with E-state index in [1.165, 1.54) is 12.1 Å². The van der Waals surface area contributed by atoms with Gasteiger partial charge < -0.3 is 31.9 Å². The van der Waals surface area contributed by atoms with Crippen LogP contribution in [0.4, 0.5) is 28.4 Å². The number of fused-ring (bicyclic) bond motifs is 2. The van der Waals surface area contributed by atoms with E-state index in [0.29, 0.717) is 22.3 Å². The molecule has 8 aromatic rings. The molecule has 60 heavy (non-hydrogen) atoms. The fraction of sp³-hybridized carbons (Fsp3) is 0.0217. The third kappa shape index (κ3) is 9.80. The Labute approximate surface area is 355 Å². The maximum atomic E-state index is 12.8. The number of azo groups is 2. The average Bonchev–Trinajstić information content (AvgIpc) is 3.25. The number of aromatic hydroxyl groups is 4. The zero-order valence-electron chi connectivity index (χ0n) is 32.1. The van der Waals surface area contributed by atoms with E-state index in [-0.39, 0.29) is 68.8 Å². The second-order valence-electron chi connectivity index (χ2n) is 12.9. The molecule has 0 aliphatic carbocycles. The molecule has 8 rings (SSSR count). The number of nitrogens with two attached hydrogens (primary N) is 1. The number of rotatable bonds is 9. The quantitative estimate of drug-likeness (QED) is 0.0421. The summed E-state index contributed by atoms with van der Waals surface area (Å²) in [5.74, 6) is 4.74. The van der Waals surface area contributed by atoms with Crippen molar-refractivity contribution in [2.24, 2.45) is 26.4 Å². The number of phenolic OH excluding ortho intramolecular Hbond substituents is 4. The number of phenols is 4. The van der Waals surface area contributed by atoms with Gasteiger partial charge in [-0.3, -0.25) is 9.63 Å². The van der Waals surface area contributed by atoms with E-state index in [1.807, 2.05) is 97.1 Å². The van der Waals surface area contributed by atoms with Crippen molar-refractivity contribution in [3.05, 3.63) is 187 Å². The van der Waals surface area contributed by atoms with Gasteiger partial charge in [0.25, 0.3) is 5.91 Å². The number of nitrogens with zero attached hydrogens (tertiary/aromatic N) is 4. The Balaban J connectivity index is 0.000000220. The molecule has 8 aromatic carbocycles. The monoisotopic (exact) mass is 842 g/mol. The molecule has 0 bridgehead atoms. The van der Waals surface area contributed by atoms with Gasteiger partial charge in [0.15, 0.2) is 5.75 Å². The largest absolute Gasteiger partial charge is 0.506 e. The minimum Gasteiger partial charge on any atom is -0.506 e. The van der Waals surface area contributed by atoms with Crippen LogP contribution < -0.4 is 17.4 Å². The topological polar surface area (TPSA) is 231 Å². The second kappa shape index (κ2) is 20.3. The normalized spacial score (nSPS) is 11.3. The number of carbonyl (C=O) groups excluding carboxylic acids is 1. The van der Waals surface area contributed by atoms with Crippen LogP contribution in [-0.4, -0.2) is 26.3 Å². The van der Waals surface area contributed by atoms with Gasteiger partial charge in [-0.25, -0.2) is 5.90 Å². The molecule has 14 heteroatoms. The van der Waals surface area contributed by atoms with Crippen molar-refractivity contribution < 1.29 is 47.1 Å². The third-order valence-electron chi connectivity index (χ3n) is 9.10. The van der Waals surface area contributed by atoms with Gasteiger partial charge >= 0.3 is 0 Å². The van der Waals surface area contributed by atoms with Crippen LogP contribution >= 0.6 is 0 Å². The summed E-state index contributed by atoms with van der Waals surface area (Å²) in [5.41, 5.74) is 2.96. The average molecular weight is 843 g/mol. The van der Waals surface area contributed by atoms with Gasteiger partial charge in [0, 0.05) is 39.1 Å². The number of benzene rings is 8. The Morgan fingerprint density at radius 2 is 1.00 bits per heavy atom. The van der Waals surface area contributed by atoms with Crippen LogP contribution in [0.2, 0.25) is 0 Å². The number of hydrogen-bond donors (Lipinski definition) is 7. The first-order chi connectivity index (χ1) is 28.3. The van der Waals surface area contributed by atoms with E-state index < -0.39 is 12.0 Å². The molecular formula is C46H40FeN7O6+. The fourth-order valence-corrected chi connectivity index (χ4v) is 6.22. The Morgan fingerprint density at radius 1 is 0.550 bits per heavy atom. The predicted molar refractivity (Wildman–Crippen MR) is 230 cm³/mol. The summed E-state index contributed by atoms with van der Waals surface area (Å²) in [6, 6.07) is 49.7. The van der Waals surface area contributed by atoms with Crippen LogP contribution in [0.3, 0.4) is 0 Å². The van der Waals surface area contributed by atoms with Gasteiger partial charge in [-0.1, -0.05) is 121 Å². The van der Waals surface area contributed by atoms with Crippen LogP contribution in [0.5, 0.6) is 23.0 Å². The summed E-state index contributed by atoms with van der Waals surface area (Å²) in [7, 11) is 0. The summed E-state index contributed by atoms with van der Waals surface area (Å²) < 4.78 is 0. The second-order valence-corrected chi connectivity index (χ2v) is 12.9. The number of quaternary nitrogens is 1. The maximum Gasteiger partial charge on any atom is 0.259 e. The van der Waals surface area contributed by atoms with Crippen LogP contribution in [0.1, 0.15) is 27.6 Å². The van der Waals surface area contributed by atoms with Gasteiger partial charge in [-0.15, -0.1) is 20.5 Å². The number of para-hydroxylation sites is 3. The molecule has 1 atom stereocenters. The van der Waals surface area contributed by atoms with E-state index in [0.717, 1.165) is 21.7 Å². The fourth-order valence-electron chi connectivity index (χ4n) is 6.22. The molecule has 0 aliphatic heterocycles. The van der Waals surface area contributed by atoms with Gasteiger partial charge in [-0.05, 0) is 64.9 Å². The molecular weight excluding hydrogens is 802 g/mol. The van der Waals surface area contributed by atoms with E-state index in [2.05, 4.69) is 25.8 Å². The molecule has 0 radical (unpaired) electrons. The number of carbonyl (C=O) groups is 1. The molecule has 0 aromatic heterocycles. The van der Waals surface area contributed by atoms with Crippen LogP contribution in [-0.2, 0) is 21.9 Å². The number of amides is 1. The molecule has 11 N–H and O–H groups in total. The first-order valence-electron chi connectivity index (χ1n) is 18.0. The molecule has 13 nitrogen and oxygen atoms in total. The summed E-state index contributed by atoms with van der Waals surface area (Å²) >= 11 is 0. The van der Waals surface area contributed by atoms with E-state index in [1.54, 1.807) is 60.7 Å². The van der Waals surface area contributed by atoms with E-state index >= 15 is 0 Å². The Kier molecular flexibility index (Phi) is 14.8. The van der Waals surface area contributed by atoms with Gasteiger partial charge in [-0.2, -0.15) is 0 Å². The van der Waals surface area contributed by atoms with Crippen molar-refractivity contribution in [2.45, 2.75) is 6.10 Å². The van der Waals surface area contributed by atoms with E-state index in [9.17, 15) is 25.2 Å². The van der Waals surface area contributed by atoms with E-state index in [4.69, 9.17) is 10.7 Å². The van der Waals surface area contributed by atoms with Crippen molar-refractivity contribution in [2.75, 3.05) is 5.32 Å². The zero-order chi connectivity index (χ0) is 40.4. The first-order valence-corrected chi connectivity index (χ1v) is 18.0. The van der Waals surface area contributed by atoms with Crippen LogP contribution in [0, 0.1) is 0 Å². The van der Waals surface area contributed by atoms with Crippen LogP contribution in [0.15, 0.2) is 190 Å². The minimum atomic E-state index is -0.681. The Morgan fingerprint density at radius 3 is 1.53 bits per heavy atom. The molecule has 0 aliphatic rings. The Hall–Kier alpha value is -7.45. The van der Waals surface area contributed by atoms with Gasteiger partial charge in [0.05, 0.1) is 5.56 Å². The van der Waals surface area contributed by atoms with Gasteiger partial charge in [0.2, 0.25) is 0 Å². The summed E-state index contributed by atoms with van der Waals surface area (Å²) in [4.78, 5) is 18.0. The third-order valence-corrected chi connectivity index (χ3v) is 9.10. The molecule has 0 spiro atoms. The molecule has 0 fully saturated rings. The summed E-state index contributed by atoms with van der Waals surface area (Å²) in [5, 5.41) is 64.0. The molecule has 0 saturated carbocycles. The summed E-state index contributed by atoms with van der Waals surface area (Å²) in [6.07, 6.45) is -0.681. The van der Waals surface area contributed by atoms with Crippen molar-refractivity contribution in [1.29, 1.82) is 0 Å². The number of nitrogens with one attached hydrogen (secondary N) is 1. The molecule has 1 amide bonds. The van der Waals surface area contributed by atoms with Crippen molar-refractivity contribution in [3.63, 3.8) is 0 Å². The van der Waals surface area contributed by atoms with Crippen molar-refractivity contribution in [3.8, 4) is 23.0 Å². The SMILES string of the molecule is NOC(c1ccccc1)c1cc2ccccc2c(N=Nc2ccccc2O)c1O.O=C(Nc1ccccc1)c1cc2ccccc2c(N=Nc2ccccc2O)c1O.[Fe].[NH4+]. The smallest absolute Gasteiger partial charge is 0.259 e. The molecule has 0 saturated heterocycles.